The highest BCUT2D eigenvalue weighted by molar-refractivity contribution is 5.82. The zero-order chi connectivity index (χ0) is 16.0. The molecule has 22 heavy (non-hydrogen) atoms. The number of carbonyl (C=O) groups is 1. The molecule has 0 spiro atoms. The first-order valence-corrected chi connectivity index (χ1v) is 7.02. The van der Waals surface area contributed by atoms with Gasteiger partial charge in [-0.05, 0) is 29.2 Å². The van der Waals surface area contributed by atoms with Crippen molar-refractivity contribution in [2.75, 3.05) is 6.61 Å². The molecule has 1 aromatic carbocycles. The molecule has 0 atom stereocenters. The summed E-state index contributed by atoms with van der Waals surface area (Å²) in [7, 11) is 0. The first-order valence-electron chi connectivity index (χ1n) is 7.02. The van der Waals surface area contributed by atoms with E-state index in [0.717, 1.165) is 5.56 Å². The Hall–Kier alpha value is -2.56. The lowest BCUT2D eigenvalue weighted by Gasteiger charge is -2.19. The molecule has 1 heterocycles. The fourth-order valence-electron chi connectivity index (χ4n) is 1.76. The van der Waals surface area contributed by atoms with Gasteiger partial charge in [-0.2, -0.15) is 5.10 Å². The van der Waals surface area contributed by atoms with Gasteiger partial charge in [0.2, 0.25) is 0 Å². The van der Waals surface area contributed by atoms with Crippen molar-refractivity contribution in [3.63, 3.8) is 0 Å². The van der Waals surface area contributed by atoms with Crippen LogP contribution in [0.25, 0.3) is 0 Å². The van der Waals surface area contributed by atoms with Crippen molar-refractivity contribution in [3.05, 3.63) is 54.0 Å². The van der Waals surface area contributed by atoms with Crippen LogP contribution in [0.15, 0.2) is 52.4 Å². The van der Waals surface area contributed by atoms with E-state index in [1.54, 1.807) is 6.07 Å². The largest absolute Gasteiger partial charge is 0.484 e. The van der Waals surface area contributed by atoms with Crippen molar-refractivity contribution in [1.82, 2.24) is 5.43 Å². The summed E-state index contributed by atoms with van der Waals surface area (Å²) in [6.07, 6.45) is 4.57. The molecule has 0 unspecified atom stereocenters. The summed E-state index contributed by atoms with van der Waals surface area (Å²) in [5.41, 5.74) is 4.48. The molecule has 5 nitrogen and oxygen atoms in total. The van der Waals surface area contributed by atoms with E-state index in [0.29, 0.717) is 5.75 Å². The summed E-state index contributed by atoms with van der Waals surface area (Å²) in [4.78, 5) is 11.6. The van der Waals surface area contributed by atoms with Crippen LogP contribution < -0.4 is 10.2 Å². The van der Waals surface area contributed by atoms with E-state index in [-0.39, 0.29) is 17.9 Å². The smallest absolute Gasteiger partial charge is 0.277 e. The third kappa shape index (κ3) is 4.77. The summed E-state index contributed by atoms with van der Waals surface area (Å²) < 4.78 is 10.3. The van der Waals surface area contributed by atoms with E-state index in [2.05, 4.69) is 31.3 Å². The molecule has 0 aliphatic rings. The summed E-state index contributed by atoms with van der Waals surface area (Å²) in [6.45, 7) is 6.36. The number of nitrogens with zero attached hydrogens (tertiary/aromatic N) is 1. The molecule has 5 heteroatoms. The summed E-state index contributed by atoms with van der Waals surface area (Å²) >= 11 is 0. The molecule has 0 radical (unpaired) electrons. The van der Waals surface area contributed by atoms with Gasteiger partial charge in [-0.25, -0.2) is 5.43 Å². The van der Waals surface area contributed by atoms with E-state index < -0.39 is 0 Å². The van der Waals surface area contributed by atoms with Crippen LogP contribution in [0.3, 0.4) is 0 Å². The zero-order valence-corrected chi connectivity index (χ0v) is 13.0. The topological polar surface area (TPSA) is 63.8 Å². The van der Waals surface area contributed by atoms with Crippen LogP contribution in [0.2, 0.25) is 0 Å². The fourth-order valence-corrected chi connectivity index (χ4v) is 1.76. The number of nitrogens with one attached hydrogen (secondary N) is 1. The second-order valence-electron chi connectivity index (χ2n) is 5.91. The Kier molecular flexibility index (Phi) is 4.99. The van der Waals surface area contributed by atoms with Crippen molar-refractivity contribution < 1.29 is 13.9 Å². The van der Waals surface area contributed by atoms with Gasteiger partial charge in [0.15, 0.2) is 6.61 Å². The van der Waals surface area contributed by atoms with Gasteiger partial charge in [-0.3, -0.25) is 4.79 Å². The highest BCUT2D eigenvalue weighted by atomic mass is 16.5. The van der Waals surface area contributed by atoms with Gasteiger partial charge in [0.05, 0.1) is 18.7 Å². The van der Waals surface area contributed by atoms with Crippen molar-refractivity contribution in [2.24, 2.45) is 5.10 Å². The average Bonchev–Trinajstić information content (AvgIpc) is 2.98. The molecule has 0 aliphatic heterocycles. The summed E-state index contributed by atoms with van der Waals surface area (Å²) in [6, 6.07) is 9.47. The minimum Gasteiger partial charge on any atom is -0.484 e. The number of rotatable bonds is 5. The lowest BCUT2D eigenvalue weighted by Crippen LogP contribution is -2.24. The number of hydrogen-bond donors (Lipinski definition) is 1. The molecule has 0 fully saturated rings. The molecule has 0 saturated carbocycles. The maximum absolute atomic E-state index is 11.6. The molecule has 0 bridgehead atoms. The second-order valence-corrected chi connectivity index (χ2v) is 5.91. The Morgan fingerprint density at radius 3 is 2.59 bits per heavy atom. The van der Waals surface area contributed by atoms with Crippen molar-refractivity contribution in [3.8, 4) is 5.75 Å². The molecule has 1 amide bonds. The highest BCUT2D eigenvalue weighted by Crippen LogP contribution is 2.24. The Labute approximate surface area is 130 Å². The SMILES string of the molecule is CC(C)(C)c1ccc(OCC(=O)N/N=C/c2ccoc2)cc1. The molecule has 116 valence electrons. The minimum atomic E-state index is -0.320. The Morgan fingerprint density at radius 2 is 2.00 bits per heavy atom. The van der Waals surface area contributed by atoms with E-state index in [9.17, 15) is 4.79 Å². The van der Waals surface area contributed by atoms with E-state index in [1.165, 1.54) is 24.3 Å². The van der Waals surface area contributed by atoms with Gasteiger partial charge >= 0.3 is 0 Å². The predicted octanol–water partition coefficient (Wildman–Crippen LogP) is 3.11. The van der Waals surface area contributed by atoms with Crippen LogP contribution in [0.4, 0.5) is 0 Å². The van der Waals surface area contributed by atoms with Crippen LogP contribution in [0, 0.1) is 0 Å². The molecule has 1 aromatic heterocycles. The molecule has 2 aromatic rings. The number of carbonyl (C=O) groups excluding carboxylic acids is 1. The quantitative estimate of drug-likeness (QED) is 0.681. The Balaban J connectivity index is 1.78. The third-order valence-corrected chi connectivity index (χ3v) is 3.04. The number of furan rings is 1. The number of hydrazone groups is 1. The van der Waals surface area contributed by atoms with Gasteiger partial charge in [0.25, 0.3) is 5.91 Å². The van der Waals surface area contributed by atoms with Crippen LogP contribution in [-0.4, -0.2) is 18.7 Å². The van der Waals surface area contributed by atoms with E-state index in [4.69, 9.17) is 9.15 Å². The van der Waals surface area contributed by atoms with Crippen LogP contribution in [0.5, 0.6) is 5.75 Å². The van der Waals surface area contributed by atoms with Gasteiger partial charge in [0.1, 0.15) is 5.75 Å². The fraction of sp³-hybridized carbons (Fsp3) is 0.294. The molecular formula is C17H20N2O3. The highest BCUT2D eigenvalue weighted by Gasteiger charge is 2.13. The van der Waals surface area contributed by atoms with Crippen LogP contribution >= 0.6 is 0 Å². The van der Waals surface area contributed by atoms with Crippen molar-refractivity contribution in [2.45, 2.75) is 26.2 Å². The van der Waals surface area contributed by atoms with Gasteiger partial charge in [0, 0.05) is 5.56 Å². The number of ether oxygens (including phenoxy) is 1. The minimum absolute atomic E-state index is 0.0857. The lowest BCUT2D eigenvalue weighted by molar-refractivity contribution is -0.123. The number of benzene rings is 1. The maximum atomic E-state index is 11.6. The summed E-state index contributed by atoms with van der Waals surface area (Å²) in [5.74, 6) is 0.335. The Bertz CT molecular complexity index is 623. The van der Waals surface area contributed by atoms with E-state index >= 15 is 0 Å². The second kappa shape index (κ2) is 6.93. The normalized spacial score (nSPS) is 11.6. The zero-order valence-electron chi connectivity index (χ0n) is 13.0. The van der Waals surface area contributed by atoms with Crippen molar-refractivity contribution >= 4 is 12.1 Å². The van der Waals surface area contributed by atoms with Gasteiger partial charge < -0.3 is 9.15 Å². The van der Waals surface area contributed by atoms with Crippen LogP contribution in [-0.2, 0) is 10.2 Å². The Morgan fingerprint density at radius 1 is 1.27 bits per heavy atom. The molecule has 0 saturated heterocycles. The lowest BCUT2D eigenvalue weighted by atomic mass is 9.87. The van der Waals surface area contributed by atoms with E-state index in [1.807, 2.05) is 24.3 Å². The van der Waals surface area contributed by atoms with Crippen LogP contribution in [0.1, 0.15) is 31.9 Å². The molecular weight excluding hydrogens is 280 g/mol. The van der Waals surface area contributed by atoms with Gasteiger partial charge in [-0.15, -0.1) is 0 Å². The third-order valence-electron chi connectivity index (χ3n) is 3.04. The molecule has 2 rings (SSSR count). The van der Waals surface area contributed by atoms with Crippen molar-refractivity contribution in [1.29, 1.82) is 0 Å². The predicted molar refractivity (Wildman–Crippen MR) is 85.1 cm³/mol. The maximum Gasteiger partial charge on any atom is 0.277 e. The molecule has 0 aliphatic carbocycles. The average molecular weight is 300 g/mol. The van der Waals surface area contributed by atoms with Gasteiger partial charge in [-0.1, -0.05) is 32.9 Å². The number of hydrogen-bond acceptors (Lipinski definition) is 4. The first kappa shape index (κ1) is 15.8. The molecule has 1 N–H and O–H groups in total. The summed E-state index contributed by atoms with van der Waals surface area (Å²) in [5, 5.41) is 3.81. The number of amides is 1. The standard InChI is InChI=1S/C17H20N2O3/c1-17(2,3)14-4-6-15(7-5-14)22-12-16(20)19-18-10-13-8-9-21-11-13/h4-11H,12H2,1-3H3,(H,19,20)/b18-10+. The monoisotopic (exact) mass is 300 g/mol. The first-order chi connectivity index (χ1) is 10.4.